The normalized spacial score (nSPS) is 10.0. The standard InChI is InChI=1S/C13H15FN2O4S/c1-8(17)15-4-5-16-12(18)7-21-9-2-3-11(14)10(6-9)13(19)20/h2-3,6H,4-5,7H2,1H3,(H,15,17)(H,16,18)(H,19,20). The van der Waals surface area contributed by atoms with Crippen LogP contribution in [0.5, 0.6) is 0 Å². The van der Waals surface area contributed by atoms with E-state index in [0.717, 1.165) is 17.8 Å². The zero-order valence-corrected chi connectivity index (χ0v) is 12.1. The number of hydrogen-bond acceptors (Lipinski definition) is 4. The summed E-state index contributed by atoms with van der Waals surface area (Å²) >= 11 is 1.10. The molecule has 1 aromatic rings. The fourth-order valence-corrected chi connectivity index (χ4v) is 2.16. The molecule has 0 spiro atoms. The number of carboxylic acid groups (broad SMARTS) is 1. The third-order valence-electron chi connectivity index (χ3n) is 2.36. The fourth-order valence-electron chi connectivity index (χ4n) is 1.40. The highest BCUT2D eigenvalue weighted by atomic mass is 32.2. The molecule has 2 amide bonds. The molecule has 0 aliphatic rings. The Balaban J connectivity index is 2.41. The SMILES string of the molecule is CC(=O)NCCNC(=O)CSc1ccc(F)c(C(=O)O)c1. The van der Waals surface area contributed by atoms with Crippen molar-refractivity contribution >= 4 is 29.5 Å². The van der Waals surface area contributed by atoms with Crippen LogP contribution in [0.4, 0.5) is 4.39 Å². The van der Waals surface area contributed by atoms with Gasteiger partial charge < -0.3 is 15.7 Å². The van der Waals surface area contributed by atoms with Crippen LogP contribution < -0.4 is 10.6 Å². The Kier molecular flexibility index (Phi) is 6.67. The number of rotatable bonds is 7. The van der Waals surface area contributed by atoms with Gasteiger partial charge in [-0.25, -0.2) is 9.18 Å². The van der Waals surface area contributed by atoms with Gasteiger partial charge in [-0.05, 0) is 18.2 Å². The Labute approximate surface area is 125 Å². The lowest BCUT2D eigenvalue weighted by Gasteiger charge is -2.06. The molecule has 3 N–H and O–H groups in total. The van der Waals surface area contributed by atoms with Crippen molar-refractivity contribution in [2.24, 2.45) is 0 Å². The highest BCUT2D eigenvalue weighted by Crippen LogP contribution is 2.21. The molecule has 0 fully saturated rings. The summed E-state index contributed by atoms with van der Waals surface area (Å²) in [4.78, 5) is 33.4. The quantitative estimate of drug-likeness (QED) is 0.513. The van der Waals surface area contributed by atoms with Crippen LogP contribution in [0, 0.1) is 5.82 Å². The van der Waals surface area contributed by atoms with Crippen LogP contribution in [0.2, 0.25) is 0 Å². The largest absolute Gasteiger partial charge is 0.478 e. The molecule has 1 rings (SSSR count). The molecule has 21 heavy (non-hydrogen) atoms. The van der Waals surface area contributed by atoms with Gasteiger partial charge in [-0.2, -0.15) is 0 Å². The second-order valence-corrected chi connectivity index (χ2v) is 5.12. The highest BCUT2D eigenvalue weighted by molar-refractivity contribution is 8.00. The maximum atomic E-state index is 13.2. The van der Waals surface area contributed by atoms with Gasteiger partial charge in [0.2, 0.25) is 11.8 Å². The molecule has 0 aliphatic heterocycles. The molecule has 0 bridgehead atoms. The molecular weight excluding hydrogens is 299 g/mol. The van der Waals surface area contributed by atoms with Gasteiger partial charge in [0.25, 0.3) is 0 Å². The zero-order valence-electron chi connectivity index (χ0n) is 11.3. The molecule has 6 nitrogen and oxygen atoms in total. The molecule has 0 heterocycles. The number of amides is 2. The maximum absolute atomic E-state index is 13.2. The molecule has 1 aromatic carbocycles. The van der Waals surface area contributed by atoms with Gasteiger partial charge in [-0.15, -0.1) is 11.8 Å². The van der Waals surface area contributed by atoms with E-state index in [1.807, 2.05) is 0 Å². The lowest BCUT2D eigenvalue weighted by atomic mass is 10.2. The number of nitrogens with one attached hydrogen (secondary N) is 2. The third kappa shape index (κ3) is 6.26. The van der Waals surface area contributed by atoms with E-state index in [1.54, 1.807) is 0 Å². The predicted molar refractivity (Wildman–Crippen MR) is 75.8 cm³/mol. The van der Waals surface area contributed by atoms with Crippen molar-refractivity contribution in [2.75, 3.05) is 18.8 Å². The number of carbonyl (C=O) groups excluding carboxylic acids is 2. The molecule has 0 saturated carbocycles. The van der Waals surface area contributed by atoms with Gasteiger partial charge >= 0.3 is 5.97 Å². The first-order chi connectivity index (χ1) is 9.90. The number of carboxylic acids is 1. The van der Waals surface area contributed by atoms with E-state index in [-0.39, 0.29) is 17.6 Å². The average Bonchev–Trinajstić information content (AvgIpc) is 2.42. The first-order valence-corrected chi connectivity index (χ1v) is 7.05. The Morgan fingerprint density at radius 2 is 1.90 bits per heavy atom. The summed E-state index contributed by atoms with van der Waals surface area (Å²) in [7, 11) is 0. The lowest BCUT2D eigenvalue weighted by Crippen LogP contribution is -2.34. The second-order valence-electron chi connectivity index (χ2n) is 4.07. The van der Waals surface area contributed by atoms with Crippen LogP contribution >= 0.6 is 11.8 Å². The van der Waals surface area contributed by atoms with Gasteiger partial charge in [-0.3, -0.25) is 9.59 Å². The van der Waals surface area contributed by atoms with Gasteiger partial charge in [0.1, 0.15) is 5.82 Å². The van der Waals surface area contributed by atoms with Crippen molar-refractivity contribution in [3.05, 3.63) is 29.6 Å². The van der Waals surface area contributed by atoms with Gasteiger partial charge in [0.15, 0.2) is 0 Å². The maximum Gasteiger partial charge on any atom is 0.338 e. The molecule has 0 saturated heterocycles. The third-order valence-corrected chi connectivity index (χ3v) is 3.35. The number of hydrogen-bond donors (Lipinski definition) is 3. The van der Waals surface area contributed by atoms with Crippen molar-refractivity contribution in [1.29, 1.82) is 0 Å². The summed E-state index contributed by atoms with van der Waals surface area (Å²) in [5.74, 6) is -2.52. The summed E-state index contributed by atoms with van der Waals surface area (Å²) < 4.78 is 13.2. The average molecular weight is 314 g/mol. The number of halogens is 1. The van der Waals surface area contributed by atoms with E-state index in [9.17, 15) is 18.8 Å². The fraction of sp³-hybridized carbons (Fsp3) is 0.308. The first-order valence-electron chi connectivity index (χ1n) is 6.07. The molecule has 8 heteroatoms. The molecule has 0 radical (unpaired) electrons. The van der Waals surface area contributed by atoms with Gasteiger partial charge in [0.05, 0.1) is 11.3 Å². The van der Waals surface area contributed by atoms with E-state index >= 15 is 0 Å². The summed E-state index contributed by atoms with van der Waals surface area (Å²) in [6.07, 6.45) is 0. The molecule has 0 aliphatic carbocycles. The first kappa shape index (κ1) is 17.0. The van der Waals surface area contributed by atoms with Crippen molar-refractivity contribution in [1.82, 2.24) is 10.6 Å². The van der Waals surface area contributed by atoms with Crippen molar-refractivity contribution < 1.29 is 23.9 Å². The minimum atomic E-state index is -1.35. The monoisotopic (exact) mass is 314 g/mol. The summed E-state index contributed by atoms with van der Waals surface area (Å²) in [5.41, 5.74) is -0.425. The molecule has 0 atom stereocenters. The summed E-state index contributed by atoms with van der Waals surface area (Å²) in [5, 5.41) is 13.9. The van der Waals surface area contributed by atoms with Crippen LogP contribution in [0.15, 0.2) is 23.1 Å². The van der Waals surface area contributed by atoms with E-state index in [4.69, 9.17) is 5.11 Å². The Bertz CT molecular complexity index is 551. The smallest absolute Gasteiger partial charge is 0.338 e. The van der Waals surface area contributed by atoms with Crippen molar-refractivity contribution in [2.45, 2.75) is 11.8 Å². The van der Waals surface area contributed by atoms with Crippen LogP contribution in [-0.4, -0.2) is 41.7 Å². The van der Waals surface area contributed by atoms with Crippen LogP contribution in [0.3, 0.4) is 0 Å². The minimum absolute atomic E-state index is 0.0742. The van der Waals surface area contributed by atoms with Crippen molar-refractivity contribution in [3.8, 4) is 0 Å². The van der Waals surface area contributed by atoms with E-state index in [2.05, 4.69) is 10.6 Å². The molecule has 0 aromatic heterocycles. The highest BCUT2D eigenvalue weighted by Gasteiger charge is 2.11. The number of aromatic carboxylic acids is 1. The van der Waals surface area contributed by atoms with E-state index < -0.39 is 17.3 Å². The van der Waals surface area contributed by atoms with Gasteiger partial charge in [0, 0.05) is 24.9 Å². The Hall–Kier alpha value is -2.09. The number of thioether (sulfide) groups is 1. The number of benzene rings is 1. The topological polar surface area (TPSA) is 95.5 Å². The molecular formula is C13H15FN2O4S. The Morgan fingerprint density at radius 3 is 2.52 bits per heavy atom. The lowest BCUT2D eigenvalue weighted by molar-refractivity contribution is -0.120. The van der Waals surface area contributed by atoms with E-state index in [0.29, 0.717) is 18.0 Å². The molecule has 0 unspecified atom stereocenters. The predicted octanol–water partition coefficient (Wildman–Crippen LogP) is 0.868. The molecule has 114 valence electrons. The zero-order chi connectivity index (χ0) is 15.8. The summed E-state index contributed by atoms with van der Waals surface area (Å²) in [6.45, 7) is 2.03. The van der Waals surface area contributed by atoms with Crippen LogP contribution in [0.25, 0.3) is 0 Å². The van der Waals surface area contributed by atoms with Crippen LogP contribution in [-0.2, 0) is 9.59 Å². The van der Waals surface area contributed by atoms with E-state index in [1.165, 1.54) is 19.1 Å². The second kappa shape index (κ2) is 8.25. The van der Waals surface area contributed by atoms with Gasteiger partial charge in [-0.1, -0.05) is 0 Å². The number of carbonyl (C=O) groups is 3. The van der Waals surface area contributed by atoms with Crippen molar-refractivity contribution in [3.63, 3.8) is 0 Å². The Morgan fingerprint density at radius 1 is 1.24 bits per heavy atom. The minimum Gasteiger partial charge on any atom is -0.478 e. The summed E-state index contributed by atoms with van der Waals surface area (Å²) in [6, 6.07) is 3.66. The van der Waals surface area contributed by atoms with Crippen LogP contribution in [0.1, 0.15) is 17.3 Å².